The van der Waals surface area contributed by atoms with Gasteiger partial charge in [0, 0.05) is 25.9 Å². The van der Waals surface area contributed by atoms with Crippen molar-refractivity contribution in [1.29, 1.82) is 0 Å². The van der Waals surface area contributed by atoms with Crippen molar-refractivity contribution in [3.63, 3.8) is 0 Å². The van der Waals surface area contributed by atoms with Gasteiger partial charge in [-0.3, -0.25) is 0 Å². The van der Waals surface area contributed by atoms with Gasteiger partial charge in [-0.15, -0.1) is 0 Å². The average Bonchev–Trinajstić information content (AvgIpc) is 2.95. The highest BCUT2D eigenvalue weighted by Gasteiger charge is 2.26. The van der Waals surface area contributed by atoms with E-state index in [2.05, 4.69) is 9.71 Å². The van der Waals surface area contributed by atoms with E-state index in [1.165, 1.54) is 12.5 Å². The SMILES string of the molecule is CCn1cnc(S(=O)(=O)NCC2CCCCC2CO)c1. The Bertz CT molecular complexity index is 527. The molecule has 0 bridgehead atoms. The summed E-state index contributed by atoms with van der Waals surface area (Å²) in [5.41, 5.74) is 0. The summed E-state index contributed by atoms with van der Waals surface area (Å²) in [6, 6.07) is 0. The van der Waals surface area contributed by atoms with Gasteiger partial charge in [0.25, 0.3) is 10.0 Å². The van der Waals surface area contributed by atoms with E-state index in [-0.39, 0.29) is 23.5 Å². The molecule has 1 aromatic heterocycles. The van der Waals surface area contributed by atoms with Crippen molar-refractivity contribution in [2.24, 2.45) is 11.8 Å². The normalized spacial score (nSPS) is 23.9. The Balaban J connectivity index is 1.98. The number of hydrogen-bond acceptors (Lipinski definition) is 4. The van der Waals surface area contributed by atoms with Gasteiger partial charge in [-0.25, -0.2) is 18.1 Å². The smallest absolute Gasteiger partial charge is 0.259 e. The first-order chi connectivity index (χ1) is 9.56. The molecule has 2 rings (SSSR count). The molecule has 20 heavy (non-hydrogen) atoms. The molecule has 2 unspecified atom stereocenters. The number of hydrogen-bond donors (Lipinski definition) is 2. The Hall–Kier alpha value is -0.920. The minimum absolute atomic E-state index is 0.0655. The van der Waals surface area contributed by atoms with Gasteiger partial charge in [0.05, 0.1) is 6.33 Å². The molecule has 0 aromatic carbocycles. The Morgan fingerprint density at radius 2 is 2.10 bits per heavy atom. The number of aryl methyl sites for hydroxylation is 1. The summed E-state index contributed by atoms with van der Waals surface area (Å²) in [5, 5.41) is 9.42. The lowest BCUT2D eigenvalue weighted by Crippen LogP contribution is -2.35. The molecular formula is C13H23N3O3S. The summed E-state index contributed by atoms with van der Waals surface area (Å²) < 4.78 is 28.7. The van der Waals surface area contributed by atoms with Crippen LogP contribution in [0.4, 0.5) is 0 Å². The molecule has 1 aromatic rings. The average molecular weight is 301 g/mol. The van der Waals surface area contributed by atoms with Gasteiger partial charge in [-0.1, -0.05) is 12.8 Å². The van der Waals surface area contributed by atoms with Crippen LogP contribution in [0, 0.1) is 11.8 Å². The zero-order valence-corrected chi connectivity index (χ0v) is 12.6. The molecule has 1 aliphatic carbocycles. The number of nitrogens with one attached hydrogen (secondary N) is 1. The van der Waals surface area contributed by atoms with Crippen LogP contribution < -0.4 is 4.72 Å². The highest BCUT2D eigenvalue weighted by atomic mass is 32.2. The first-order valence-electron chi connectivity index (χ1n) is 7.19. The zero-order valence-electron chi connectivity index (χ0n) is 11.8. The molecule has 0 aliphatic heterocycles. The molecule has 0 spiro atoms. The summed E-state index contributed by atoms with van der Waals surface area (Å²) >= 11 is 0. The van der Waals surface area contributed by atoms with E-state index in [1.807, 2.05) is 6.92 Å². The molecule has 114 valence electrons. The lowest BCUT2D eigenvalue weighted by Gasteiger charge is -2.30. The number of aromatic nitrogens is 2. The van der Waals surface area contributed by atoms with E-state index in [0.29, 0.717) is 13.1 Å². The molecule has 7 heteroatoms. The number of rotatable bonds is 6. The van der Waals surface area contributed by atoms with Gasteiger partial charge >= 0.3 is 0 Å². The molecule has 1 fully saturated rings. The van der Waals surface area contributed by atoms with Gasteiger partial charge in [0.2, 0.25) is 0 Å². The monoisotopic (exact) mass is 301 g/mol. The molecule has 0 saturated heterocycles. The van der Waals surface area contributed by atoms with E-state index in [4.69, 9.17) is 0 Å². The van der Waals surface area contributed by atoms with Gasteiger partial charge in [-0.05, 0) is 31.6 Å². The van der Waals surface area contributed by atoms with Crippen LogP contribution in [0.15, 0.2) is 17.6 Å². The topological polar surface area (TPSA) is 84.2 Å². The molecule has 0 amide bonds. The second-order valence-electron chi connectivity index (χ2n) is 5.38. The predicted octanol–water partition coefficient (Wildman–Crippen LogP) is 0.980. The van der Waals surface area contributed by atoms with Crippen LogP contribution in [-0.2, 0) is 16.6 Å². The number of nitrogens with zero attached hydrogens (tertiary/aromatic N) is 2. The van der Waals surface area contributed by atoms with Crippen LogP contribution in [0.2, 0.25) is 0 Å². The minimum Gasteiger partial charge on any atom is -0.396 e. The second kappa shape index (κ2) is 6.69. The lowest BCUT2D eigenvalue weighted by atomic mass is 9.80. The number of sulfonamides is 1. The van der Waals surface area contributed by atoms with E-state index in [0.717, 1.165) is 25.7 Å². The van der Waals surface area contributed by atoms with E-state index in [1.54, 1.807) is 4.57 Å². The van der Waals surface area contributed by atoms with Crippen LogP contribution in [0.1, 0.15) is 32.6 Å². The number of aliphatic hydroxyl groups excluding tert-OH is 1. The van der Waals surface area contributed by atoms with E-state index in [9.17, 15) is 13.5 Å². The lowest BCUT2D eigenvalue weighted by molar-refractivity contribution is 0.136. The largest absolute Gasteiger partial charge is 0.396 e. The Labute approximate surface area is 120 Å². The third-order valence-corrected chi connectivity index (χ3v) is 5.39. The maximum absolute atomic E-state index is 12.1. The van der Waals surface area contributed by atoms with Gasteiger partial charge in [0.1, 0.15) is 0 Å². The maximum Gasteiger partial charge on any atom is 0.259 e. The standard InChI is InChI=1S/C13H23N3O3S/c1-2-16-8-13(14-10-16)20(18,19)15-7-11-5-3-4-6-12(11)9-17/h8,10-12,15,17H,2-7,9H2,1H3. The summed E-state index contributed by atoms with van der Waals surface area (Å²) in [5.74, 6) is 0.427. The molecule has 2 atom stereocenters. The number of imidazole rings is 1. The van der Waals surface area contributed by atoms with Crippen LogP contribution in [0.5, 0.6) is 0 Å². The fourth-order valence-electron chi connectivity index (χ4n) is 2.74. The predicted molar refractivity (Wildman–Crippen MR) is 75.6 cm³/mol. The highest BCUT2D eigenvalue weighted by Crippen LogP contribution is 2.29. The summed E-state index contributed by atoms with van der Waals surface area (Å²) in [6.45, 7) is 3.14. The first kappa shape index (κ1) is 15.5. The quantitative estimate of drug-likeness (QED) is 0.820. The fourth-order valence-corrected chi connectivity index (χ4v) is 3.78. The molecule has 1 heterocycles. The fraction of sp³-hybridized carbons (Fsp3) is 0.769. The summed E-state index contributed by atoms with van der Waals surface area (Å²) in [6.07, 6.45) is 7.23. The third-order valence-electron chi connectivity index (χ3n) is 4.09. The third kappa shape index (κ3) is 3.59. The van der Waals surface area contributed by atoms with Crippen LogP contribution >= 0.6 is 0 Å². The van der Waals surface area contributed by atoms with Crippen molar-refractivity contribution in [1.82, 2.24) is 14.3 Å². The second-order valence-corrected chi connectivity index (χ2v) is 7.10. The van der Waals surface area contributed by atoms with Gasteiger partial charge in [0.15, 0.2) is 5.03 Å². The zero-order chi connectivity index (χ0) is 14.6. The molecular weight excluding hydrogens is 278 g/mol. The maximum atomic E-state index is 12.1. The summed E-state index contributed by atoms with van der Waals surface area (Å²) in [4.78, 5) is 3.92. The van der Waals surface area contributed by atoms with Crippen LogP contribution in [0.25, 0.3) is 0 Å². The Morgan fingerprint density at radius 3 is 2.70 bits per heavy atom. The van der Waals surface area contributed by atoms with Crippen molar-refractivity contribution in [2.75, 3.05) is 13.2 Å². The Kier molecular flexibility index (Phi) is 5.17. The van der Waals surface area contributed by atoms with Crippen LogP contribution in [-0.4, -0.2) is 36.2 Å². The molecule has 0 radical (unpaired) electrons. The first-order valence-corrected chi connectivity index (χ1v) is 8.67. The van der Waals surface area contributed by atoms with Crippen molar-refractivity contribution in [2.45, 2.75) is 44.2 Å². The molecule has 1 saturated carbocycles. The van der Waals surface area contributed by atoms with Crippen molar-refractivity contribution in [3.05, 3.63) is 12.5 Å². The minimum atomic E-state index is -3.54. The van der Waals surface area contributed by atoms with E-state index < -0.39 is 10.0 Å². The molecule has 1 aliphatic rings. The van der Waals surface area contributed by atoms with E-state index >= 15 is 0 Å². The van der Waals surface area contributed by atoms with Crippen molar-refractivity contribution >= 4 is 10.0 Å². The van der Waals surface area contributed by atoms with Gasteiger partial charge in [-0.2, -0.15) is 0 Å². The molecule has 6 nitrogen and oxygen atoms in total. The van der Waals surface area contributed by atoms with Crippen LogP contribution in [0.3, 0.4) is 0 Å². The summed E-state index contributed by atoms with van der Waals surface area (Å²) in [7, 11) is -3.54. The molecule has 2 N–H and O–H groups in total. The highest BCUT2D eigenvalue weighted by molar-refractivity contribution is 7.89. The van der Waals surface area contributed by atoms with Crippen molar-refractivity contribution in [3.8, 4) is 0 Å². The van der Waals surface area contributed by atoms with Crippen molar-refractivity contribution < 1.29 is 13.5 Å². The Morgan fingerprint density at radius 1 is 1.40 bits per heavy atom. The van der Waals surface area contributed by atoms with Gasteiger partial charge < -0.3 is 9.67 Å². The number of aliphatic hydroxyl groups is 1.